The standard InChI is InChI=1S/C14H20N2O2/c1-4-5-10(2)15-14(18)12-6-8-13(9-7-12)16-11(3)17/h6-10H,4-5H2,1-3H3,(H,15,18)(H,16,17). The summed E-state index contributed by atoms with van der Waals surface area (Å²) in [7, 11) is 0. The van der Waals surface area contributed by atoms with E-state index >= 15 is 0 Å². The van der Waals surface area contributed by atoms with Crippen LogP contribution in [-0.2, 0) is 4.79 Å². The summed E-state index contributed by atoms with van der Waals surface area (Å²) in [6.45, 7) is 5.53. The number of carbonyl (C=O) groups is 2. The minimum absolute atomic E-state index is 0.0784. The Morgan fingerprint density at radius 3 is 2.33 bits per heavy atom. The normalized spacial score (nSPS) is 11.7. The van der Waals surface area contributed by atoms with Crippen molar-refractivity contribution in [2.45, 2.75) is 39.7 Å². The van der Waals surface area contributed by atoms with Crippen LogP contribution in [0.15, 0.2) is 24.3 Å². The monoisotopic (exact) mass is 248 g/mol. The van der Waals surface area contributed by atoms with Crippen molar-refractivity contribution in [3.8, 4) is 0 Å². The molecular formula is C14H20N2O2. The first-order valence-corrected chi connectivity index (χ1v) is 6.21. The van der Waals surface area contributed by atoms with Gasteiger partial charge in [0.1, 0.15) is 0 Å². The lowest BCUT2D eigenvalue weighted by molar-refractivity contribution is -0.114. The summed E-state index contributed by atoms with van der Waals surface area (Å²) in [6.07, 6.45) is 2.01. The molecule has 98 valence electrons. The molecule has 0 saturated heterocycles. The van der Waals surface area contributed by atoms with Crippen LogP contribution >= 0.6 is 0 Å². The lowest BCUT2D eigenvalue weighted by Crippen LogP contribution is -2.32. The Morgan fingerprint density at radius 2 is 1.83 bits per heavy atom. The number of anilines is 1. The van der Waals surface area contributed by atoms with Gasteiger partial charge < -0.3 is 10.6 Å². The minimum atomic E-state index is -0.122. The molecule has 0 aliphatic rings. The molecule has 4 nitrogen and oxygen atoms in total. The summed E-state index contributed by atoms with van der Waals surface area (Å²) in [6, 6.07) is 7.04. The first-order valence-electron chi connectivity index (χ1n) is 6.21. The summed E-state index contributed by atoms with van der Waals surface area (Å²) < 4.78 is 0. The third kappa shape index (κ3) is 4.57. The molecule has 2 N–H and O–H groups in total. The van der Waals surface area contributed by atoms with Gasteiger partial charge in [-0.05, 0) is 37.6 Å². The van der Waals surface area contributed by atoms with Crippen molar-refractivity contribution >= 4 is 17.5 Å². The fourth-order valence-corrected chi connectivity index (χ4v) is 1.72. The van der Waals surface area contributed by atoms with Crippen LogP contribution in [0.2, 0.25) is 0 Å². The highest BCUT2D eigenvalue weighted by Crippen LogP contribution is 2.10. The molecule has 1 aromatic rings. The molecule has 0 bridgehead atoms. The molecule has 0 saturated carbocycles. The van der Waals surface area contributed by atoms with Crippen molar-refractivity contribution in [3.05, 3.63) is 29.8 Å². The average molecular weight is 248 g/mol. The van der Waals surface area contributed by atoms with E-state index in [0.29, 0.717) is 11.3 Å². The van der Waals surface area contributed by atoms with Crippen LogP contribution in [0.25, 0.3) is 0 Å². The van der Waals surface area contributed by atoms with Crippen molar-refractivity contribution in [1.29, 1.82) is 0 Å². The minimum Gasteiger partial charge on any atom is -0.350 e. The second kappa shape index (κ2) is 6.79. The Hall–Kier alpha value is -1.84. The highest BCUT2D eigenvalue weighted by molar-refractivity contribution is 5.95. The zero-order valence-corrected chi connectivity index (χ0v) is 11.1. The molecule has 0 aliphatic heterocycles. The highest BCUT2D eigenvalue weighted by Gasteiger charge is 2.08. The van der Waals surface area contributed by atoms with Gasteiger partial charge in [0.2, 0.25) is 5.91 Å². The van der Waals surface area contributed by atoms with Crippen LogP contribution in [0, 0.1) is 0 Å². The fraction of sp³-hybridized carbons (Fsp3) is 0.429. The van der Waals surface area contributed by atoms with Crippen LogP contribution in [0.3, 0.4) is 0 Å². The number of nitrogens with one attached hydrogen (secondary N) is 2. The predicted octanol–water partition coefficient (Wildman–Crippen LogP) is 2.56. The van der Waals surface area contributed by atoms with Gasteiger partial charge in [-0.25, -0.2) is 0 Å². The summed E-state index contributed by atoms with van der Waals surface area (Å²) in [5, 5.41) is 5.59. The fourth-order valence-electron chi connectivity index (χ4n) is 1.72. The molecule has 0 fully saturated rings. The van der Waals surface area contributed by atoms with Crippen molar-refractivity contribution in [2.24, 2.45) is 0 Å². The third-order valence-corrected chi connectivity index (χ3v) is 2.57. The molecular weight excluding hydrogens is 228 g/mol. The molecule has 1 atom stereocenters. The number of hydrogen-bond donors (Lipinski definition) is 2. The molecule has 4 heteroatoms. The number of rotatable bonds is 5. The van der Waals surface area contributed by atoms with Crippen LogP contribution in [0.4, 0.5) is 5.69 Å². The molecule has 2 amide bonds. The van der Waals surface area contributed by atoms with Gasteiger partial charge in [0.05, 0.1) is 0 Å². The molecule has 18 heavy (non-hydrogen) atoms. The van der Waals surface area contributed by atoms with Crippen molar-refractivity contribution < 1.29 is 9.59 Å². The summed E-state index contributed by atoms with van der Waals surface area (Å²) >= 11 is 0. The zero-order chi connectivity index (χ0) is 13.5. The van der Waals surface area contributed by atoms with Gasteiger partial charge in [0.25, 0.3) is 5.91 Å². The van der Waals surface area contributed by atoms with Gasteiger partial charge in [-0.15, -0.1) is 0 Å². The maximum Gasteiger partial charge on any atom is 0.251 e. The van der Waals surface area contributed by atoms with E-state index in [1.54, 1.807) is 24.3 Å². The zero-order valence-electron chi connectivity index (χ0n) is 11.1. The average Bonchev–Trinajstić information content (AvgIpc) is 2.29. The topological polar surface area (TPSA) is 58.2 Å². The van der Waals surface area contributed by atoms with Crippen LogP contribution < -0.4 is 10.6 Å². The van der Waals surface area contributed by atoms with E-state index in [1.165, 1.54) is 6.92 Å². The maximum atomic E-state index is 11.9. The van der Waals surface area contributed by atoms with E-state index in [2.05, 4.69) is 17.6 Å². The Labute approximate surface area is 108 Å². The van der Waals surface area contributed by atoms with Gasteiger partial charge in [-0.1, -0.05) is 13.3 Å². The molecule has 0 aromatic heterocycles. The Balaban J connectivity index is 2.61. The quantitative estimate of drug-likeness (QED) is 0.841. The number of carbonyl (C=O) groups excluding carboxylic acids is 2. The van der Waals surface area contributed by atoms with Gasteiger partial charge >= 0.3 is 0 Å². The first-order chi connectivity index (χ1) is 8.52. The molecule has 0 aliphatic carbocycles. The maximum absolute atomic E-state index is 11.9. The van der Waals surface area contributed by atoms with Gasteiger partial charge in [-0.2, -0.15) is 0 Å². The molecule has 0 heterocycles. The van der Waals surface area contributed by atoms with E-state index in [9.17, 15) is 9.59 Å². The predicted molar refractivity (Wildman–Crippen MR) is 72.6 cm³/mol. The SMILES string of the molecule is CCCC(C)NC(=O)c1ccc(NC(C)=O)cc1. The first kappa shape index (κ1) is 14.2. The van der Waals surface area contributed by atoms with Crippen LogP contribution in [0.1, 0.15) is 44.0 Å². The van der Waals surface area contributed by atoms with Gasteiger partial charge in [0.15, 0.2) is 0 Å². The molecule has 0 radical (unpaired) electrons. The number of amides is 2. The summed E-state index contributed by atoms with van der Waals surface area (Å²) in [4.78, 5) is 22.7. The number of benzene rings is 1. The van der Waals surface area contributed by atoms with E-state index in [-0.39, 0.29) is 17.9 Å². The molecule has 1 unspecified atom stereocenters. The van der Waals surface area contributed by atoms with Crippen molar-refractivity contribution in [2.75, 3.05) is 5.32 Å². The van der Waals surface area contributed by atoms with E-state index in [4.69, 9.17) is 0 Å². The molecule has 1 rings (SSSR count). The van der Waals surface area contributed by atoms with Crippen LogP contribution in [0.5, 0.6) is 0 Å². The van der Waals surface area contributed by atoms with Crippen molar-refractivity contribution in [3.63, 3.8) is 0 Å². The van der Waals surface area contributed by atoms with E-state index in [0.717, 1.165) is 12.8 Å². The smallest absolute Gasteiger partial charge is 0.251 e. The molecule has 1 aromatic carbocycles. The lowest BCUT2D eigenvalue weighted by atomic mass is 10.1. The lowest BCUT2D eigenvalue weighted by Gasteiger charge is -2.12. The second-order valence-corrected chi connectivity index (χ2v) is 4.42. The Morgan fingerprint density at radius 1 is 1.22 bits per heavy atom. The van der Waals surface area contributed by atoms with Crippen molar-refractivity contribution in [1.82, 2.24) is 5.32 Å². The Kier molecular flexibility index (Phi) is 5.36. The summed E-state index contributed by atoms with van der Waals surface area (Å²) in [5.41, 5.74) is 1.30. The van der Waals surface area contributed by atoms with Gasteiger partial charge in [0, 0.05) is 24.2 Å². The second-order valence-electron chi connectivity index (χ2n) is 4.42. The van der Waals surface area contributed by atoms with E-state index in [1.807, 2.05) is 6.92 Å². The molecule has 0 spiro atoms. The van der Waals surface area contributed by atoms with Gasteiger partial charge in [-0.3, -0.25) is 9.59 Å². The van der Waals surface area contributed by atoms with Crippen LogP contribution in [-0.4, -0.2) is 17.9 Å². The third-order valence-electron chi connectivity index (χ3n) is 2.57. The van der Waals surface area contributed by atoms with E-state index < -0.39 is 0 Å². The summed E-state index contributed by atoms with van der Waals surface area (Å²) in [5.74, 6) is -0.200. The number of hydrogen-bond acceptors (Lipinski definition) is 2. The highest BCUT2D eigenvalue weighted by atomic mass is 16.2. The Bertz CT molecular complexity index is 412. The largest absolute Gasteiger partial charge is 0.350 e.